The number of nitrogens with zero attached hydrogens (tertiary/aromatic N) is 3. The largest absolute Gasteiger partial charge is 0.463 e. The van der Waals surface area contributed by atoms with Gasteiger partial charge in [-0.2, -0.15) is 0 Å². The fourth-order valence-electron chi connectivity index (χ4n) is 4.42. The van der Waals surface area contributed by atoms with Crippen molar-refractivity contribution in [2.24, 2.45) is 5.92 Å². The molecule has 0 bridgehead atoms. The molecule has 3 amide bonds. The predicted octanol–water partition coefficient (Wildman–Crippen LogP) is 2.06. The molecular weight excluding hydrogens is 408 g/mol. The molecule has 8 heteroatoms. The monoisotopic (exact) mass is 440 g/mol. The van der Waals surface area contributed by atoms with E-state index in [0.29, 0.717) is 44.0 Å². The zero-order chi connectivity index (χ0) is 22.8. The van der Waals surface area contributed by atoms with E-state index < -0.39 is 12.0 Å². The molecule has 2 fully saturated rings. The van der Waals surface area contributed by atoms with Gasteiger partial charge in [-0.25, -0.2) is 9.59 Å². The maximum atomic E-state index is 13.1. The first kappa shape index (κ1) is 22.3. The molecule has 8 nitrogen and oxygen atoms in total. The smallest absolute Gasteiger partial charge is 0.338 e. The molecule has 4 rings (SSSR count). The number of aryl methyl sites for hydroxylation is 1. The third-order valence-corrected chi connectivity index (χ3v) is 6.43. The van der Waals surface area contributed by atoms with Gasteiger partial charge in [-0.15, -0.1) is 0 Å². The topological polar surface area (TPSA) is 82.2 Å². The van der Waals surface area contributed by atoms with Crippen LogP contribution in [0.4, 0.5) is 4.79 Å². The Morgan fingerprint density at radius 3 is 2.50 bits per heavy atom. The molecule has 32 heavy (non-hydrogen) atoms. The van der Waals surface area contributed by atoms with Gasteiger partial charge in [0.05, 0.1) is 18.2 Å². The average Bonchev–Trinajstić information content (AvgIpc) is 3.62. The second-order valence-electron chi connectivity index (χ2n) is 8.81. The van der Waals surface area contributed by atoms with Crippen molar-refractivity contribution in [3.8, 4) is 0 Å². The molecule has 1 N–H and O–H groups in total. The van der Waals surface area contributed by atoms with E-state index in [1.165, 1.54) is 4.90 Å². The van der Waals surface area contributed by atoms with E-state index in [2.05, 4.69) is 10.2 Å². The number of amides is 3. The molecule has 2 heterocycles. The lowest BCUT2D eigenvalue weighted by Crippen LogP contribution is -2.53. The van der Waals surface area contributed by atoms with Gasteiger partial charge in [0.1, 0.15) is 0 Å². The van der Waals surface area contributed by atoms with Crippen LogP contribution in [0.3, 0.4) is 0 Å². The van der Waals surface area contributed by atoms with Crippen LogP contribution in [0, 0.1) is 12.8 Å². The van der Waals surface area contributed by atoms with Crippen LogP contribution in [-0.4, -0.2) is 79.0 Å². The summed E-state index contributed by atoms with van der Waals surface area (Å²) in [6, 6.07) is 7.00. The molecule has 1 aliphatic carbocycles. The van der Waals surface area contributed by atoms with E-state index in [1.54, 1.807) is 14.0 Å². The zero-order valence-electron chi connectivity index (χ0n) is 19.1. The number of nitrogens with one attached hydrogen (secondary N) is 1. The lowest BCUT2D eigenvalue weighted by atomic mass is 9.93. The van der Waals surface area contributed by atoms with E-state index in [0.717, 1.165) is 24.0 Å². The van der Waals surface area contributed by atoms with Crippen LogP contribution in [0.1, 0.15) is 36.9 Å². The summed E-state index contributed by atoms with van der Waals surface area (Å²) < 4.78 is 5.40. The van der Waals surface area contributed by atoms with Crippen molar-refractivity contribution in [2.45, 2.75) is 32.7 Å². The second kappa shape index (κ2) is 9.32. The van der Waals surface area contributed by atoms with Crippen LogP contribution >= 0.6 is 0 Å². The first-order valence-corrected chi connectivity index (χ1v) is 11.4. The highest BCUT2D eigenvalue weighted by Gasteiger charge is 2.38. The van der Waals surface area contributed by atoms with E-state index >= 15 is 0 Å². The number of carbonyl (C=O) groups excluding carboxylic acids is 3. The zero-order valence-corrected chi connectivity index (χ0v) is 19.1. The summed E-state index contributed by atoms with van der Waals surface area (Å²) in [6.07, 6.45) is 2.02. The van der Waals surface area contributed by atoms with E-state index in [1.807, 2.05) is 36.1 Å². The summed E-state index contributed by atoms with van der Waals surface area (Å²) in [6.45, 7) is 7.24. The number of hydrogen-bond acceptors (Lipinski definition) is 5. The van der Waals surface area contributed by atoms with E-state index in [9.17, 15) is 14.4 Å². The second-order valence-corrected chi connectivity index (χ2v) is 8.81. The van der Waals surface area contributed by atoms with Gasteiger partial charge in [0, 0.05) is 51.4 Å². The van der Waals surface area contributed by atoms with Crippen molar-refractivity contribution in [2.75, 3.05) is 46.4 Å². The molecule has 3 aliphatic rings. The van der Waals surface area contributed by atoms with Gasteiger partial charge >= 0.3 is 12.0 Å². The number of urea groups is 1. The van der Waals surface area contributed by atoms with Crippen LogP contribution in [0.5, 0.6) is 0 Å². The van der Waals surface area contributed by atoms with Crippen molar-refractivity contribution >= 4 is 17.9 Å². The summed E-state index contributed by atoms with van der Waals surface area (Å²) in [5.41, 5.74) is 3.03. The Bertz CT molecular complexity index is 932. The van der Waals surface area contributed by atoms with E-state index in [4.69, 9.17) is 4.74 Å². The number of rotatable bonds is 6. The lowest BCUT2D eigenvalue weighted by Gasteiger charge is -2.39. The summed E-state index contributed by atoms with van der Waals surface area (Å²) in [4.78, 5) is 43.9. The minimum absolute atomic E-state index is 0.225. The molecule has 1 saturated heterocycles. The van der Waals surface area contributed by atoms with Gasteiger partial charge in [-0.1, -0.05) is 29.8 Å². The summed E-state index contributed by atoms with van der Waals surface area (Å²) in [5.74, 6) is 0.0797. The Morgan fingerprint density at radius 2 is 1.88 bits per heavy atom. The molecule has 1 saturated carbocycles. The average molecular weight is 441 g/mol. The first-order valence-electron chi connectivity index (χ1n) is 11.4. The highest BCUT2D eigenvalue weighted by Crippen LogP contribution is 2.33. The quantitative estimate of drug-likeness (QED) is 0.685. The molecule has 1 unspecified atom stereocenters. The number of hydrogen-bond donors (Lipinski definition) is 1. The Balaban J connectivity index is 1.60. The number of benzene rings is 1. The Labute approximate surface area is 189 Å². The highest BCUT2D eigenvalue weighted by molar-refractivity contribution is 5.95. The van der Waals surface area contributed by atoms with Crippen molar-refractivity contribution in [1.82, 2.24) is 20.0 Å². The van der Waals surface area contributed by atoms with Crippen molar-refractivity contribution in [3.05, 3.63) is 46.7 Å². The molecule has 0 aromatic heterocycles. The maximum Gasteiger partial charge on any atom is 0.338 e. The van der Waals surface area contributed by atoms with Crippen molar-refractivity contribution < 1.29 is 19.1 Å². The lowest BCUT2D eigenvalue weighted by molar-refractivity contribution is -0.139. The van der Waals surface area contributed by atoms with Crippen LogP contribution < -0.4 is 5.32 Å². The van der Waals surface area contributed by atoms with Crippen molar-refractivity contribution in [3.63, 3.8) is 0 Å². The van der Waals surface area contributed by atoms with Gasteiger partial charge in [0.25, 0.3) is 0 Å². The Kier molecular flexibility index (Phi) is 6.50. The third kappa shape index (κ3) is 4.65. The minimum Gasteiger partial charge on any atom is -0.463 e. The minimum atomic E-state index is -0.564. The van der Waals surface area contributed by atoms with Crippen LogP contribution in [0.25, 0.3) is 0 Å². The summed E-state index contributed by atoms with van der Waals surface area (Å²) >= 11 is 0. The van der Waals surface area contributed by atoms with Gasteiger partial charge in [0.15, 0.2) is 0 Å². The maximum absolute atomic E-state index is 13.1. The number of piperazine rings is 1. The van der Waals surface area contributed by atoms with Crippen LogP contribution in [-0.2, 0) is 14.3 Å². The van der Waals surface area contributed by atoms with Gasteiger partial charge in [0.2, 0.25) is 5.91 Å². The Hall–Kier alpha value is -2.87. The molecule has 2 aliphatic heterocycles. The molecule has 1 atom stereocenters. The third-order valence-electron chi connectivity index (χ3n) is 6.43. The van der Waals surface area contributed by atoms with Gasteiger partial charge < -0.3 is 15.0 Å². The molecule has 0 spiro atoms. The fourth-order valence-corrected chi connectivity index (χ4v) is 4.42. The van der Waals surface area contributed by atoms with Crippen molar-refractivity contribution in [1.29, 1.82) is 0 Å². The highest BCUT2D eigenvalue weighted by atomic mass is 16.5. The van der Waals surface area contributed by atoms with Crippen LogP contribution in [0.2, 0.25) is 0 Å². The SMILES string of the molecule is CCOC(=O)C1=C(CN2CCN(C(=O)C3CC3)CC2)N(C)C(=O)NC1c1cccc(C)c1. The number of carbonyl (C=O) groups is 3. The normalized spacial score (nSPS) is 22.1. The number of esters is 1. The predicted molar refractivity (Wildman–Crippen MR) is 120 cm³/mol. The Morgan fingerprint density at radius 1 is 1.16 bits per heavy atom. The number of ether oxygens (including phenoxy) is 1. The molecule has 0 radical (unpaired) electrons. The number of likely N-dealkylation sites (N-methyl/N-ethyl adjacent to an activating group) is 1. The molecule has 1 aromatic rings. The molecule has 172 valence electrons. The van der Waals surface area contributed by atoms with Gasteiger partial charge in [-0.05, 0) is 32.3 Å². The summed E-state index contributed by atoms with van der Waals surface area (Å²) in [7, 11) is 1.68. The van der Waals surface area contributed by atoms with Gasteiger partial charge in [-0.3, -0.25) is 14.6 Å². The summed E-state index contributed by atoms with van der Waals surface area (Å²) in [5, 5.41) is 2.96. The first-order chi connectivity index (χ1) is 15.4. The van der Waals surface area contributed by atoms with Crippen LogP contribution in [0.15, 0.2) is 35.5 Å². The molecule has 1 aromatic carbocycles. The molecular formula is C24H32N4O4. The fraction of sp³-hybridized carbons (Fsp3) is 0.542. The van der Waals surface area contributed by atoms with E-state index in [-0.39, 0.29) is 24.5 Å². The standard InChI is InChI=1S/C24H32N4O4/c1-4-32-23(30)20-19(15-27-10-12-28(13-11-27)22(29)17-8-9-17)26(3)24(31)25-21(20)18-7-5-6-16(2)14-18/h5-7,14,17,21H,4,8-13,15H2,1-3H3,(H,25,31).